The van der Waals surface area contributed by atoms with Crippen molar-refractivity contribution in [3.8, 4) is 5.75 Å². The van der Waals surface area contributed by atoms with Crippen LogP contribution in [0.4, 0.5) is 0 Å². The van der Waals surface area contributed by atoms with Crippen LogP contribution in [0.3, 0.4) is 0 Å². The number of fused-ring (bicyclic) bond motifs is 1. The first-order valence-electron chi connectivity index (χ1n) is 4.63. The third-order valence-electron chi connectivity index (χ3n) is 2.36. The molecule has 0 bridgehead atoms. The van der Waals surface area contributed by atoms with Crippen LogP contribution < -0.4 is 0 Å². The van der Waals surface area contributed by atoms with Crippen LogP contribution in [0.15, 0.2) is 34.8 Å². The first kappa shape index (κ1) is 11.0. The number of carbonyl (C=O) groups is 1. The monoisotopic (exact) mass is 280 g/mol. The van der Waals surface area contributed by atoms with Crippen molar-refractivity contribution < 1.29 is 14.6 Å². The van der Waals surface area contributed by atoms with Gasteiger partial charge in [-0.25, -0.2) is 4.79 Å². The number of methoxy groups -OCH3 is 1. The number of phenolic OH excluding ortho intramolecular Hbond substituents is 1. The highest BCUT2D eigenvalue weighted by Gasteiger charge is 2.09. The van der Waals surface area contributed by atoms with Gasteiger partial charge in [-0.05, 0) is 30.3 Å². The second-order valence-electron chi connectivity index (χ2n) is 3.32. The van der Waals surface area contributed by atoms with Crippen LogP contribution in [-0.2, 0) is 4.74 Å². The predicted octanol–water partition coefficient (Wildman–Crippen LogP) is 3.09. The van der Waals surface area contributed by atoms with E-state index < -0.39 is 5.97 Å². The maximum absolute atomic E-state index is 11.4. The fourth-order valence-corrected chi connectivity index (χ4v) is 2.00. The van der Waals surface area contributed by atoms with Crippen LogP contribution in [0.5, 0.6) is 5.75 Å². The minimum Gasteiger partial charge on any atom is -0.507 e. The number of halogens is 1. The van der Waals surface area contributed by atoms with Crippen LogP contribution >= 0.6 is 15.9 Å². The van der Waals surface area contributed by atoms with Crippen LogP contribution in [0.1, 0.15) is 10.4 Å². The highest BCUT2D eigenvalue weighted by atomic mass is 79.9. The largest absolute Gasteiger partial charge is 0.507 e. The van der Waals surface area contributed by atoms with Gasteiger partial charge in [0.25, 0.3) is 0 Å². The molecule has 82 valence electrons. The average molecular weight is 281 g/mol. The van der Waals surface area contributed by atoms with Gasteiger partial charge >= 0.3 is 5.97 Å². The second kappa shape index (κ2) is 4.14. The van der Waals surface area contributed by atoms with Crippen LogP contribution in [-0.4, -0.2) is 18.2 Å². The predicted molar refractivity (Wildman–Crippen MR) is 64.7 cm³/mol. The molecule has 0 aliphatic heterocycles. The molecule has 0 unspecified atom stereocenters. The Morgan fingerprint density at radius 2 is 2.00 bits per heavy atom. The van der Waals surface area contributed by atoms with E-state index in [1.54, 1.807) is 30.3 Å². The quantitative estimate of drug-likeness (QED) is 0.817. The van der Waals surface area contributed by atoms with Crippen LogP contribution in [0.2, 0.25) is 0 Å². The van der Waals surface area contributed by atoms with Crippen LogP contribution in [0, 0.1) is 0 Å². The molecule has 0 fully saturated rings. The Balaban J connectivity index is 2.70. The molecule has 4 heteroatoms. The van der Waals surface area contributed by atoms with E-state index in [0.717, 1.165) is 9.86 Å². The van der Waals surface area contributed by atoms with Crippen molar-refractivity contribution in [2.24, 2.45) is 0 Å². The molecule has 3 nitrogen and oxygen atoms in total. The van der Waals surface area contributed by atoms with E-state index in [9.17, 15) is 9.90 Å². The second-order valence-corrected chi connectivity index (χ2v) is 4.17. The standard InChI is InChI=1S/C12H9BrO3/c1-16-12(15)7-2-3-8-9(6-7)10(13)4-5-11(8)14/h2-6,14H,1H3. The summed E-state index contributed by atoms with van der Waals surface area (Å²) in [5.41, 5.74) is 0.460. The topological polar surface area (TPSA) is 46.5 Å². The van der Waals surface area contributed by atoms with Crippen molar-refractivity contribution >= 4 is 32.7 Å². The SMILES string of the molecule is COC(=O)c1ccc2c(O)ccc(Br)c2c1. The van der Waals surface area contributed by atoms with Crippen molar-refractivity contribution in [1.29, 1.82) is 0 Å². The normalized spacial score (nSPS) is 10.4. The van der Waals surface area contributed by atoms with E-state index in [1.165, 1.54) is 7.11 Å². The summed E-state index contributed by atoms with van der Waals surface area (Å²) in [6.45, 7) is 0. The van der Waals surface area contributed by atoms with Gasteiger partial charge in [-0.3, -0.25) is 0 Å². The maximum atomic E-state index is 11.4. The molecule has 0 aromatic heterocycles. The van der Waals surface area contributed by atoms with Crippen molar-refractivity contribution in [2.75, 3.05) is 7.11 Å². The molecule has 0 atom stereocenters. The zero-order valence-corrected chi connectivity index (χ0v) is 10.1. The van der Waals surface area contributed by atoms with E-state index >= 15 is 0 Å². The summed E-state index contributed by atoms with van der Waals surface area (Å²) in [6, 6.07) is 8.34. The molecule has 0 saturated carbocycles. The van der Waals surface area contributed by atoms with E-state index in [2.05, 4.69) is 20.7 Å². The van der Waals surface area contributed by atoms with Crippen molar-refractivity contribution in [3.05, 3.63) is 40.4 Å². The van der Waals surface area contributed by atoms with Gasteiger partial charge in [0, 0.05) is 15.2 Å². The lowest BCUT2D eigenvalue weighted by Crippen LogP contribution is -2.00. The first-order chi connectivity index (χ1) is 7.63. The summed E-state index contributed by atoms with van der Waals surface area (Å²) >= 11 is 3.37. The van der Waals surface area contributed by atoms with Gasteiger partial charge in [0.1, 0.15) is 5.75 Å². The Hall–Kier alpha value is -1.55. The third-order valence-corrected chi connectivity index (χ3v) is 3.05. The van der Waals surface area contributed by atoms with Gasteiger partial charge in [-0.1, -0.05) is 15.9 Å². The third kappa shape index (κ3) is 1.76. The molecule has 2 rings (SSSR count). The van der Waals surface area contributed by atoms with Gasteiger partial charge in [0.05, 0.1) is 12.7 Å². The Morgan fingerprint density at radius 1 is 1.25 bits per heavy atom. The van der Waals surface area contributed by atoms with Crippen LogP contribution in [0.25, 0.3) is 10.8 Å². The molecular formula is C12H9BrO3. The molecule has 0 radical (unpaired) electrons. The molecule has 0 aliphatic rings. The Kier molecular flexibility index (Phi) is 2.83. The fourth-order valence-electron chi connectivity index (χ4n) is 1.54. The average Bonchev–Trinajstić information content (AvgIpc) is 2.32. The molecule has 0 spiro atoms. The van der Waals surface area contributed by atoms with Gasteiger partial charge in [-0.2, -0.15) is 0 Å². The van der Waals surface area contributed by atoms with Crippen molar-refractivity contribution in [2.45, 2.75) is 0 Å². The zero-order chi connectivity index (χ0) is 11.7. The molecule has 2 aromatic rings. The lowest BCUT2D eigenvalue weighted by atomic mass is 10.1. The summed E-state index contributed by atoms with van der Waals surface area (Å²) < 4.78 is 5.46. The number of aromatic hydroxyl groups is 1. The summed E-state index contributed by atoms with van der Waals surface area (Å²) in [5, 5.41) is 11.1. The summed E-state index contributed by atoms with van der Waals surface area (Å²) in [5.74, 6) is -0.202. The molecule has 0 amide bonds. The fraction of sp³-hybridized carbons (Fsp3) is 0.0833. The van der Waals surface area contributed by atoms with E-state index in [4.69, 9.17) is 0 Å². The highest BCUT2D eigenvalue weighted by molar-refractivity contribution is 9.10. The number of ether oxygens (including phenoxy) is 1. The Morgan fingerprint density at radius 3 is 2.69 bits per heavy atom. The summed E-state index contributed by atoms with van der Waals surface area (Å²) in [6.07, 6.45) is 0. The minimum atomic E-state index is -0.392. The van der Waals surface area contributed by atoms with Gasteiger partial charge in [0.15, 0.2) is 0 Å². The van der Waals surface area contributed by atoms with Gasteiger partial charge < -0.3 is 9.84 Å². The number of hydrogen-bond donors (Lipinski definition) is 1. The van der Waals surface area contributed by atoms with Crippen molar-refractivity contribution in [1.82, 2.24) is 0 Å². The molecule has 0 heterocycles. The molecule has 16 heavy (non-hydrogen) atoms. The smallest absolute Gasteiger partial charge is 0.337 e. The number of hydrogen-bond acceptors (Lipinski definition) is 3. The number of benzene rings is 2. The van der Waals surface area contributed by atoms with Crippen molar-refractivity contribution in [3.63, 3.8) is 0 Å². The van der Waals surface area contributed by atoms with E-state index in [0.29, 0.717) is 10.9 Å². The maximum Gasteiger partial charge on any atom is 0.337 e. The van der Waals surface area contributed by atoms with E-state index in [1.807, 2.05) is 0 Å². The highest BCUT2D eigenvalue weighted by Crippen LogP contribution is 2.31. The molecule has 0 aliphatic carbocycles. The number of carbonyl (C=O) groups excluding carboxylic acids is 1. The number of rotatable bonds is 1. The van der Waals surface area contributed by atoms with E-state index in [-0.39, 0.29) is 5.75 Å². The summed E-state index contributed by atoms with van der Waals surface area (Å²) in [7, 11) is 1.34. The minimum absolute atomic E-state index is 0.189. The first-order valence-corrected chi connectivity index (χ1v) is 5.42. The Bertz CT molecular complexity index is 563. The number of esters is 1. The molecule has 0 saturated heterocycles. The summed E-state index contributed by atoms with van der Waals surface area (Å²) in [4.78, 5) is 11.4. The van der Waals surface area contributed by atoms with Gasteiger partial charge in [0.2, 0.25) is 0 Å². The Labute approximate surface area is 101 Å². The lowest BCUT2D eigenvalue weighted by Gasteiger charge is -2.05. The number of phenols is 1. The van der Waals surface area contributed by atoms with Gasteiger partial charge in [-0.15, -0.1) is 0 Å². The molecule has 2 aromatic carbocycles. The molecule has 1 N–H and O–H groups in total. The molecular weight excluding hydrogens is 272 g/mol. The lowest BCUT2D eigenvalue weighted by molar-refractivity contribution is 0.0601. The zero-order valence-electron chi connectivity index (χ0n) is 8.53.